The van der Waals surface area contributed by atoms with Gasteiger partial charge in [-0.15, -0.1) is 0 Å². The normalized spacial score (nSPS) is 26.4. The molecule has 0 aliphatic carbocycles. The number of aromatic nitrogens is 2. The first-order valence-corrected chi connectivity index (χ1v) is 6.81. The number of rotatable bonds is 3. The summed E-state index contributed by atoms with van der Waals surface area (Å²) in [5.74, 6) is 1.46. The summed E-state index contributed by atoms with van der Waals surface area (Å²) in [5, 5.41) is 3.72. The van der Waals surface area contributed by atoms with E-state index in [1.165, 1.54) is 0 Å². The van der Waals surface area contributed by atoms with Crippen LogP contribution in [0.2, 0.25) is 5.02 Å². The molecule has 0 aromatic carbocycles. The third-order valence-corrected chi connectivity index (χ3v) is 3.67. The average Bonchev–Trinajstić information content (AvgIpc) is 2.71. The summed E-state index contributed by atoms with van der Waals surface area (Å²) < 4.78 is 5.82. The molecule has 1 N–H and O–H groups in total. The van der Waals surface area contributed by atoms with Crippen LogP contribution in [0.4, 0.5) is 11.8 Å². The number of hydrogen-bond acceptors (Lipinski definition) is 5. The maximum absolute atomic E-state index is 6.21. The Hall–Kier alpha value is -1.07. The van der Waals surface area contributed by atoms with Gasteiger partial charge in [0.15, 0.2) is 5.82 Å². The standard InChI is InChI=1S/C12H17ClN4O/c1-2-14-12-15-5-10(13)11(16-12)17-6-8-3-4-9(7-17)18-8/h5,8-9H,2-4,6-7H2,1H3,(H,14,15,16). The van der Waals surface area contributed by atoms with Gasteiger partial charge in [-0.3, -0.25) is 0 Å². The van der Waals surface area contributed by atoms with Crippen LogP contribution in [0.15, 0.2) is 6.20 Å². The highest BCUT2D eigenvalue weighted by Gasteiger charge is 2.35. The number of morpholine rings is 1. The Kier molecular flexibility index (Phi) is 3.26. The van der Waals surface area contributed by atoms with Crippen LogP contribution in [0.1, 0.15) is 19.8 Å². The van der Waals surface area contributed by atoms with Crippen molar-refractivity contribution >= 4 is 23.4 Å². The number of anilines is 2. The van der Waals surface area contributed by atoms with Crippen molar-refractivity contribution in [3.63, 3.8) is 0 Å². The first-order chi connectivity index (χ1) is 8.76. The van der Waals surface area contributed by atoms with Gasteiger partial charge in [0.05, 0.1) is 18.4 Å². The van der Waals surface area contributed by atoms with E-state index in [2.05, 4.69) is 20.2 Å². The highest BCUT2D eigenvalue weighted by atomic mass is 35.5. The van der Waals surface area contributed by atoms with Crippen molar-refractivity contribution in [3.05, 3.63) is 11.2 Å². The third-order valence-electron chi connectivity index (χ3n) is 3.40. The van der Waals surface area contributed by atoms with Gasteiger partial charge in [-0.25, -0.2) is 4.98 Å². The number of fused-ring (bicyclic) bond motifs is 2. The molecule has 18 heavy (non-hydrogen) atoms. The molecular weight excluding hydrogens is 252 g/mol. The van der Waals surface area contributed by atoms with Gasteiger partial charge >= 0.3 is 0 Å². The topological polar surface area (TPSA) is 50.3 Å². The molecule has 98 valence electrons. The van der Waals surface area contributed by atoms with Crippen molar-refractivity contribution in [1.29, 1.82) is 0 Å². The molecule has 2 fully saturated rings. The molecule has 2 bridgehead atoms. The molecule has 5 nitrogen and oxygen atoms in total. The van der Waals surface area contributed by atoms with Gasteiger partial charge in [0, 0.05) is 19.6 Å². The van der Waals surface area contributed by atoms with Crippen LogP contribution in [0, 0.1) is 0 Å². The van der Waals surface area contributed by atoms with E-state index in [9.17, 15) is 0 Å². The van der Waals surface area contributed by atoms with Crippen molar-refractivity contribution in [2.45, 2.75) is 32.0 Å². The van der Waals surface area contributed by atoms with Gasteiger partial charge in [0.25, 0.3) is 0 Å². The second kappa shape index (κ2) is 4.90. The van der Waals surface area contributed by atoms with Gasteiger partial charge in [0.2, 0.25) is 5.95 Å². The summed E-state index contributed by atoms with van der Waals surface area (Å²) in [6.45, 7) is 4.57. The van der Waals surface area contributed by atoms with Gasteiger partial charge in [-0.2, -0.15) is 4.98 Å². The van der Waals surface area contributed by atoms with Crippen LogP contribution in [0.5, 0.6) is 0 Å². The van der Waals surface area contributed by atoms with E-state index >= 15 is 0 Å². The zero-order valence-electron chi connectivity index (χ0n) is 10.4. The summed E-state index contributed by atoms with van der Waals surface area (Å²) in [5.41, 5.74) is 0. The van der Waals surface area contributed by atoms with E-state index in [4.69, 9.17) is 16.3 Å². The molecule has 1 aromatic rings. The van der Waals surface area contributed by atoms with E-state index in [0.717, 1.165) is 38.3 Å². The molecule has 2 atom stereocenters. The van der Waals surface area contributed by atoms with Crippen LogP contribution < -0.4 is 10.2 Å². The second-order valence-electron chi connectivity index (χ2n) is 4.76. The fourth-order valence-electron chi connectivity index (χ4n) is 2.61. The molecule has 2 aliphatic heterocycles. The predicted molar refractivity (Wildman–Crippen MR) is 71.3 cm³/mol. The van der Waals surface area contributed by atoms with Crippen LogP contribution in [-0.4, -0.2) is 41.8 Å². The van der Waals surface area contributed by atoms with Crippen LogP contribution in [-0.2, 0) is 4.74 Å². The Morgan fingerprint density at radius 1 is 1.44 bits per heavy atom. The van der Waals surface area contributed by atoms with Crippen LogP contribution >= 0.6 is 11.6 Å². The zero-order valence-corrected chi connectivity index (χ0v) is 11.2. The Labute approximate surface area is 112 Å². The number of ether oxygens (including phenoxy) is 1. The van der Waals surface area contributed by atoms with Crippen LogP contribution in [0.25, 0.3) is 0 Å². The lowest BCUT2D eigenvalue weighted by atomic mass is 10.2. The zero-order chi connectivity index (χ0) is 12.5. The molecule has 2 unspecified atom stereocenters. The molecular formula is C12H17ClN4O. The van der Waals surface area contributed by atoms with Crippen molar-refractivity contribution in [3.8, 4) is 0 Å². The highest BCUT2D eigenvalue weighted by molar-refractivity contribution is 6.32. The van der Waals surface area contributed by atoms with E-state index in [0.29, 0.717) is 23.2 Å². The Balaban J connectivity index is 1.84. The van der Waals surface area contributed by atoms with Crippen molar-refractivity contribution in [2.75, 3.05) is 29.9 Å². The van der Waals surface area contributed by atoms with Crippen molar-refractivity contribution < 1.29 is 4.74 Å². The minimum Gasteiger partial charge on any atom is -0.371 e. The fourth-order valence-corrected chi connectivity index (χ4v) is 2.82. The lowest BCUT2D eigenvalue weighted by Crippen LogP contribution is -2.43. The summed E-state index contributed by atoms with van der Waals surface area (Å²) in [6.07, 6.45) is 4.61. The minimum absolute atomic E-state index is 0.331. The first kappa shape index (κ1) is 12.0. The Morgan fingerprint density at radius 2 is 2.17 bits per heavy atom. The van der Waals surface area contributed by atoms with E-state index < -0.39 is 0 Å². The SMILES string of the molecule is CCNc1ncc(Cl)c(N2CC3CCC(C2)O3)n1. The molecule has 0 saturated carbocycles. The summed E-state index contributed by atoms with van der Waals surface area (Å²) >= 11 is 6.21. The fraction of sp³-hybridized carbons (Fsp3) is 0.667. The van der Waals surface area contributed by atoms with E-state index in [-0.39, 0.29) is 0 Å². The second-order valence-corrected chi connectivity index (χ2v) is 5.17. The summed E-state index contributed by atoms with van der Waals surface area (Å²) in [4.78, 5) is 10.9. The Bertz CT molecular complexity index is 430. The average molecular weight is 269 g/mol. The maximum Gasteiger partial charge on any atom is 0.224 e. The summed E-state index contributed by atoms with van der Waals surface area (Å²) in [6, 6.07) is 0. The summed E-state index contributed by atoms with van der Waals surface area (Å²) in [7, 11) is 0. The van der Waals surface area contributed by atoms with Crippen molar-refractivity contribution in [2.24, 2.45) is 0 Å². The quantitative estimate of drug-likeness (QED) is 0.908. The minimum atomic E-state index is 0.331. The molecule has 0 radical (unpaired) electrons. The Morgan fingerprint density at radius 3 is 2.83 bits per heavy atom. The van der Waals surface area contributed by atoms with E-state index in [1.54, 1.807) is 6.20 Å². The molecule has 6 heteroatoms. The highest BCUT2D eigenvalue weighted by Crippen LogP contribution is 2.32. The molecule has 0 amide bonds. The largest absolute Gasteiger partial charge is 0.371 e. The van der Waals surface area contributed by atoms with Crippen molar-refractivity contribution in [1.82, 2.24) is 9.97 Å². The number of nitrogens with one attached hydrogen (secondary N) is 1. The molecule has 2 aliphatic rings. The van der Waals surface area contributed by atoms with Gasteiger partial charge < -0.3 is 15.0 Å². The van der Waals surface area contributed by atoms with Gasteiger partial charge in [-0.05, 0) is 19.8 Å². The molecule has 2 saturated heterocycles. The molecule has 3 heterocycles. The number of hydrogen-bond donors (Lipinski definition) is 1. The van der Waals surface area contributed by atoms with Gasteiger partial charge in [0.1, 0.15) is 5.02 Å². The molecule has 1 aromatic heterocycles. The smallest absolute Gasteiger partial charge is 0.224 e. The van der Waals surface area contributed by atoms with E-state index in [1.807, 2.05) is 6.92 Å². The third kappa shape index (κ3) is 2.24. The maximum atomic E-state index is 6.21. The predicted octanol–water partition coefficient (Wildman–Crippen LogP) is 1.93. The molecule has 0 spiro atoms. The first-order valence-electron chi connectivity index (χ1n) is 6.43. The number of halogens is 1. The monoisotopic (exact) mass is 268 g/mol. The number of nitrogens with zero attached hydrogens (tertiary/aromatic N) is 3. The lowest BCUT2D eigenvalue weighted by molar-refractivity contribution is 0.0302. The van der Waals surface area contributed by atoms with Gasteiger partial charge in [-0.1, -0.05) is 11.6 Å². The van der Waals surface area contributed by atoms with Crippen LogP contribution in [0.3, 0.4) is 0 Å². The lowest BCUT2D eigenvalue weighted by Gasteiger charge is -2.33. The molecule has 3 rings (SSSR count).